The van der Waals surface area contributed by atoms with E-state index in [1.165, 1.54) is 0 Å². The molecule has 2 aromatic heterocycles. The summed E-state index contributed by atoms with van der Waals surface area (Å²) in [4.78, 5) is 25.5. The van der Waals surface area contributed by atoms with E-state index in [-0.39, 0.29) is 5.91 Å². The molecule has 0 saturated heterocycles. The zero-order valence-corrected chi connectivity index (χ0v) is 16.0. The Morgan fingerprint density at radius 2 is 1.86 bits per heavy atom. The molecule has 0 aliphatic carbocycles. The molecule has 142 valence electrons. The van der Waals surface area contributed by atoms with Gasteiger partial charge in [0.2, 0.25) is 0 Å². The van der Waals surface area contributed by atoms with Crippen LogP contribution in [-0.4, -0.2) is 28.0 Å². The molecule has 0 unspecified atom stereocenters. The first-order valence-electron chi connectivity index (χ1n) is 9.27. The second-order valence-corrected chi connectivity index (χ2v) is 6.85. The summed E-state index contributed by atoms with van der Waals surface area (Å²) in [6.45, 7) is 1.95. The van der Waals surface area contributed by atoms with E-state index >= 15 is 0 Å². The number of amides is 1. The van der Waals surface area contributed by atoms with Gasteiger partial charge in [-0.1, -0.05) is 30.3 Å². The van der Waals surface area contributed by atoms with Crippen molar-refractivity contribution in [1.29, 1.82) is 0 Å². The largest absolute Gasteiger partial charge is 0.495 e. The number of H-pyrrole nitrogens is 1. The molecule has 5 rings (SSSR count). The van der Waals surface area contributed by atoms with Crippen molar-refractivity contribution < 1.29 is 9.53 Å². The summed E-state index contributed by atoms with van der Waals surface area (Å²) in [6, 6.07) is 15.5. The predicted molar refractivity (Wildman–Crippen MR) is 114 cm³/mol. The quantitative estimate of drug-likeness (QED) is 0.514. The first kappa shape index (κ1) is 17.2. The molecular weight excluding hydrogens is 364 g/mol. The summed E-state index contributed by atoms with van der Waals surface area (Å²) in [5.74, 6) is 0.499. The predicted octanol–water partition coefficient (Wildman–Crippen LogP) is 4.43. The highest BCUT2D eigenvalue weighted by Gasteiger charge is 2.28. The number of rotatable bonds is 3. The van der Waals surface area contributed by atoms with Crippen molar-refractivity contribution in [3.05, 3.63) is 71.7 Å². The van der Waals surface area contributed by atoms with E-state index in [9.17, 15) is 4.79 Å². The van der Waals surface area contributed by atoms with Crippen molar-refractivity contribution in [2.75, 3.05) is 12.4 Å². The van der Waals surface area contributed by atoms with Crippen LogP contribution in [0.25, 0.3) is 33.9 Å². The van der Waals surface area contributed by atoms with Crippen molar-refractivity contribution in [2.45, 2.75) is 6.92 Å². The number of nitrogens with one attached hydrogen (secondary N) is 2. The van der Waals surface area contributed by atoms with Gasteiger partial charge in [0.25, 0.3) is 5.91 Å². The molecule has 29 heavy (non-hydrogen) atoms. The van der Waals surface area contributed by atoms with Gasteiger partial charge in [-0.2, -0.15) is 0 Å². The topological polar surface area (TPSA) is 79.9 Å². The van der Waals surface area contributed by atoms with Crippen LogP contribution < -0.4 is 10.1 Å². The van der Waals surface area contributed by atoms with E-state index in [2.05, 4.69) is 10.3 Å². The fourth-order valence-electron chi connectivity index (χ4n) is 3.70. The summed E-state index contributed by atoms with van der Waals surface area (Å²) < 4.78 is 5.36. The number of aryl methyl sites for hydroxylation is 1. The lowest BCUT2D eigenvalue weighted by Crippen LogP contribution is -2.03. The lowest BCUT2D eigenvalue weighted by atomic mass is 10.0. The Balaban J connectivity index is 1.76. The maximum Gasteiger partial charge on any atom is 0.256 e. The van der Waals surface area contributed by atoms with Crippen LogP contribution in [0, 0.1) is 6.92 Å². The molecule has 1 aliphatic rings. The minimum atomic E-state index is -0.173. The Labute approximate surface area is 167 Å². The molecule has 4 aromatic rings. The number of carbonyl (C=O) groups is 1. The summed E-state index contributed by atoms with van der Waals surface area (Å²) in [7, 11) is 1.60. The molecule has 2 N–H and O–H groups in total. The van der Waals surface area contributed by atoms with Gasteiger partial charge in [-0.05, 0) is 31.2 Å². The minimum absolute atomic E-state index is 0.173. The van der Waals surface area contributed by atoms with E-state index in [1.54, 1.807) is 19.4 Å². The van der Waals surface area contributed by atoms with Crippen molar-refractivity contribution in [2.24, 2.45) is 0 Å². The maximum absolute atomic E-state index is 12.7. The zero-order valence-electron chi connectivity index (χ0n) is 16.0. The van der Waals surface area contributed by atoms with E-state index in [0.29, 0.717) is 16.8 Å². The number of aromatic nitrogens is 3. The SMILES string of the molecule is COc1cc[nH]c1/C=C1/C(=O)Nc2ccc3nc(C)c(-c4ccccc4)nc3c21. The number of aromatic amines is 1. The maximum atomic E-state index is 12.7. The second-order valence-electron chi connectivity index (χ2n) is 6.85. The summed E-state index contributed by atoms with van der Waals surface area (Å²) in [5, 5.41) is 2.93. The van der Waals surface area contributed by atoms with E-state index in [1.807, 2.05) is 55.5 Å². The van der Waals surface area contributed by atoms with Crippen LogP contribution in [0.3, 0.4) is 0 Å². The molecule has 0 bridgehead atoms. The van der Waals surface area contributed by atoms with E-state index < -0.39 is 0 Å². The normalized spacial score (nSPS) is 14.3. The average Bonchev–Trinajstić information content (AvgIpc) is 3.32. The van der Waals surface area contributed by atoms with Gasteiger partial charge in [0.15, 0.2) is 0 Å². The lowest BCUT2D eigenvalue weighted by molar-refractivity contribution is -0.110. The van der Waals surface area contributed by atoms with Crippen molar-refractivity contribution >= 4 is 34.3 Å². The smallest absolute Gasteiger partial charge is 0.256 e. The Morgan fingerprint density at radius 1 is 1.03 bits per heavy atom. The highest BCUT2D eigenvalue weighted by atomic mass is 16.5. The molecule has 0 spiro atoms. The molecule has 6 nitrogen and oxygen atoms in total. The third kappa shape index (κ3) is 2.77. The number of methoxy groups -OCH3 is 1. The van der Waals surface area contributed by atoms with Crippen LogP contribution >= 0.6 is 0 Å². The molecule has 1 amide bonds. The summed E-state index contributed by atoms with van der Waals surface area (Å²) >= 11 is 0. The fraction of sp³-hybridized carbons (Fsp3) is 0.0870. The van der Waals surface area contributed by atoms with Crippen LogP contribution in [0.5, 0.6) is 5.75 Å². The van der Waals surface area contributed by atoms with Crippen LogP contribution in [0.4, 0.5) is 5.69 Å². The highest BCUT2D eigenvalue weighted by Crippen LogP contribution is 2.39. The third-order valence-electron chi connectivity index (χ3n) is 5.07. The number of anilines is 1. The van der Waals surface area contributed by atoms with Gasteiger partial charge in [0.05, 0.1) is 46.5 Å². The molecule has 3 heterocycles. The Hall–Kier alpha value is -3.93. The molecule has 0 saturated carbocycles. The first-order chi connectivity index (χ1) is 14.2. The number of carbonyl (C=O) groups excluding carboxylic acids is 1. The molecule has 2 aromatic carbocycles. The van der Waals surface area contributed by atoms with Crippen LogP contribution in [0.15, 0.2) is 54.7 Å². The number of hydrogen-bond donors (Lipinski definition) is 2. The van der Waals surface area contributed by atoms with Gasteiger partial charge in [-0.3, -0.25) is 4.79 Å². The lowest BCUT2D eigenvalue weighted by Gasteiger charge is -2.10. The molecular formula is C23H18N4O2. The number of hydrogen-bond acceptors (Lipinski definition) is 4. The molecule has 0 radical (unpaired) electrons. The van der Waals surface area contributed by atoms with E-state index in [0.717, 1.165) is 39.4 Å². The standard InChI is InChI=1S/C23H18N4O2/c1-13-21(14-6-4-3-5-7-14)27-22-17(25-13)9-8-16-20(22)15(23(28)26-16)12-18-19(29-2)10-11-24-18/h3-12,24H,1-2H3,(H,26,28)/b15-12+. The Kier molecular flexibility index (Phi) is 3.91. The third-order valence-corrected chi connectivity index (χ3v) is 5.07. The Morgan fingerprint density at radius 3 is 2.66 bits per heavy atom. The van der Waals surface area contributed by atoms with Gasteiger partial charge in [0.1, 0.15) is 5.75 Å². The zero-order chi connectivity index (χ0) is 20.0. The molecule has 0 fully saturated rings. The van der Waals surface area contributed by atoms with Gasteiger partial charge in [0, 0.05) is 17.3 Å². The molecule has 6 heteroatoms. The average molecular weight is 382 g/mol. The fourth-order valence-corrected chi connectivity index (χ4v) is 3.70. The van der Waals surface area contributed by atoms with Crippen LogP contribution in [0.1, 0.15) is 17.0 Å². The monoisotopic (exact) mass is 382 g/mol. The summed E-state index contributed by atoms with van der Waals surface area (Å²) in [5.41, 5.74) is 6.84. The second kappa shape index (κ2) is 6.60. The molecule has 0 atom stereocenters. The Bertz CT molecular complexity index is 1290. The van der Waals surface area contributed by atoms with Gasteiger partial charge >= 0.3 is 0 Å². The number of fused-ring (bicyclic) bond motifs is 3. The number of benzene rings is 2. The first-order valence-corrected chi connectivity index (χ1v) is 9.27. The highest BCUT2D eigenvalue weighted by molar-refractivity contribution is 6.37. The van der Waals surface area contributed by atoms with Gasteiger partial charge in [-0.25, -0.2) is 9.97 Å². The van der Waals surface area contributed by atoms with Crippen LogP contribution in [-0.2, 0) is 4.79 Å². The molecule has 1 aliphatic heterocycles. The van der Waals surface area contributed by atoms with Crippen molar-refractivity contribution in [1.82, 2.24) is 15.0 Å². The van der Waals surface area contributed by atoms with Gasteiger partial charge < -0.3 is 15.0 Å². The number of nitrogens with zero attached hydrogens (tertiary/aromatic N) is 2. The van der Waals surface area contributed by atoms with Gasteiger partial charge in [-0.15, -0.1) is 0 Å². The van der Waals surface area contributed by atoms with E-state index in [4.69, 9.17) is 14.7 Å². The van der Waals surface area contributed by atoms with Crippen molar-refractivity contribution in [3.8, 4) is 17.0 Å². The summed E-state index contributed by atoms with van der Waals surface area (Å²) in [6.07, 6.45) is 3.57. The van der Waals surface area contributed by atoms with Crippen LogP contribution in [0.2, 0.25) is 0 Å². The minimum Gasteiger partial charge on any atom is -0.495 e. The van der Waals surface area contributed by atoms with Crippen molar-refractivity contribution in [3.63, 3.8) is 0 Å². The number of ether oxygens (including phenoxy) is 1.